The summed E-state index contributed by atoms with van der Waals surface area (Å²) >= 11 is 3.79. The maximum Gasteiger partial charge on any atom is 0.119 e. The minimum Gasteiger partial charge on any atom is -0.497 e. The number of rotatable bonds is 2. The van der Waals surface area contributed by atoms with Crippen molar-refractivity contribution in [3.05, 3.63) is 29.3 Å². The fourth-order valence-electron chi connectivity index (χ4n) is 2.62. The summed E-state index contributed by atoms with van der Waals surface area (Å²) in [7, 11) is 1.72. The van der Waals surface area contributed by atoms with Gasteiger partial charge >= 0.3 is 0 Å². The number of benzene rings is 1. The molecule has 1 aliphatic carbocycles. The highest BCUT2D eigenvalue weighted by molar-refractivity contribution is 9.09. The fraction of sp³-hybridized carbons (Fsp3) is 0.538. The van der Waals surface area contributed by atoms with E-state index < -0.39 is 0 Å². The van der Waals surface area contributed by atoms with E-state index in [1.165, 1.54) is 17.5 Å². The lowest BCUT2D eigenvalue weighted by Crippen LogP contribution is -2.03. The molecule has 0 amide bonds. The van der Waals surface area contributed by atoms with Crippen LogP contribution >= 0.6 is 15.9 Å². The highest BCUT2D eigenvalue weighted by Crippen LogP contribution is 2.51. The first kappa shape index (κ1) is 11.0. The summed E-state index contributed by atoms with van der Waals surface area (Å²) in [5.74, 6) is 2.33. The third-order valence-corrected chi connectivity index (χ3v) is 4.85. The highest BCUT2D eigenvalue weighted by Gasteiger charge is 2.35. The third kappa shape index (κ3) is 1.69. The van der Waals surface area contributed by atoms with Crippen LogP contribution in [0.3, 0.4) is 0 Å². The largest absolute Gasteiger partial charge is 0.497 e. The smallest absolute Gasteiger partial charge is 0.119 e. The van der Waals surface area contributed by atoms with Gasteiger partial charge in [-0.3, -0.25) is 0 Å². The van der Waals surface area contributed by atoms with Crippen LogP contribution in [0, 0.1) is 5.92 Å². The minimum atomic E-state index is 0.479. The molecule has 0 fully saturated rings. The van der Waals surface area contributed by atoms with Crippen molar-refractivity contribution in [3.63, 3.8) is 0 Å². The quantitative estimate of drug-likeness (QED) is 0.728. The van der Waals surface area contributed by atoms with Gasteiger partial charge in [-0.2, -0.15) is 0 Å². The predicted molar refractivity (Wildman–Crippen MR) is 66.9 cm³/mol. The molecule has 0 N–H and O–H groups in total. The van der Waals surface area contributed by atoms with Crippen molar-refractivity contribution in [2.75, 3.05) is 7.11 Å². The van der Waals surface area contributed by atoms with Gasteiger partial charge in [0, 0.05) is 4.83 Å². The molecule has 0 aromatic heterocycles. The summed E-state index contributed by atoms with van der Waals surface area (Å²) in [5, 5.41) is 0. The third-order valence-electron chi connectivity index (χ3n) is 3.53. The number of alkyl halides is 1. The molecule has 3 unspecified atom stereocenters. The van der Waals surface area contributed by atoms with Crippen LogP contribution < -0.4 is 4.74 Å². The molecule has 1 aromatic rings. The highest BCUT2D eigenvalue weighted by atomic mass is 79.9. The Bertz CT molecular complexity index is 362. The molecule has 0 spiro atoms. The molecule has 1 aliphatic rings. The van der Waals surface area contributed by atoms with Gasteiger partial charge in [-0.1, -0.05) is 35.8 Å². The summed E-state index contributed by atoms with van der Waals surface area (Å²) < 4.78 is 5.27. The SMILES string of the molecule is CCC1c2ccc(OC)cc2C(Br)C1C. The molecule has 82 valence electrons. The van der Waals surface area contributed by atoms with Crippen LogP contribution in [0.15, 0.2) is 18.2 Å². The molecule has 2 rings (SSSR count). The van der Waals surface area contributed by atoms with Gasteiger partial charge in [0.15, 0.2) is 0 Å². The zero-order valence-corrected chi connectivity index (χ0v) is 11.0. The molecule has 2 heteroatoms. The molecular weight excluding hydrogens is 252 g/mol. The Morgan fingerprint density at radius 2 is 2.07 bits per heavy atom. The number of halogens is 1. The van der Waals surface area contributed by atoms with E-state index in [1.807, 2.05) is 0 Å². The number of ether oxygens (including phenoxy) is 1. The minimum absolute atomic E-state index is 0.479. The Hall–Kier alpha value is -0.500. The molecule has 0 heterocycles. The zero-order valence-electron chi connectivity index (χ0n) is 9.46. The predicted octanol–water partition coefficient (Wildman–Crippen LogP) is 4.27. The summed E-state index contributed by atoms with van der Waals surface area (Å²) in [6.45, 7) is 4.58. The summed E-state index contributed by atoms with van der Waals surface area (Å²) in [6.07, 6.45) is 1.21. The van der Waals surface area contributed by atoms with Crippen LogP contribution in [0.25, 0.3) is 0 Å². The molecule has 1 nitrogen and oxygen atoms in total. The van der Waals surface area contributed by atoms with E-state index in [0.29, 0.717) is 16.7 Å². The van der Waals surface area contributed by atoms with Gasteiger partial charge in [0.2, 0.25) is 0 Å². The lowest BCUT2D eigenvalue weighted by atomic mass is 9.92. The Morgan fingerprint density at radius 1 is 1.33 bits per heavy atom. The molecule has 3 atom stereocenters. The van der Waals surface area contributed by atoms with Gasteiger partial charge in [0.05, 0.1) is 7.11 Å². The molecule has 0 aliphatic heterocycles. The molecule has 1 aromatic carbocycles. The van der Waals surface area contributed by atoms with Gasteiger partial charge in [-0.25, -0.2) is 0 Å². The lowest BCUT2D eigenvalue weighted by molar-refractivity contribution is 0.414. The molecule has 0 saturated carbocycles. The average molecular weight is 269 g/mol. The Balaban J connectivity index is 2.45. The molecule has 0 radical (unpaired) electrons. The maximum absolute atomic E-state index is 5.27. The monoisotopic (exact) mass is 268 g/mol. The van der Waals surface area contributed by atoms with E-state index in [9.17, 15) is 0 Å². The maximum atomic E-state index is 5.27. The van der Waals surface area contributed by atoms with Crippen molar-refractivity contribution in [2.24, 2.45) is 5.92 Å². The van der Waals surface area contributed by atoms with Crippen molar-refractivity contribution >= 4 is 15.9 Å². The second-order valence-electron chi connectivity index (χ2n) is 4.27. The normalized spacial score (nSPS) is 28.9. The van der Waals surface area contributed by atoms with Crippen molar-refractivity contribution in [3.8, 4) is 5.75 Å². The van der Waals surface area contributed by atoms with Gasteiger partial charge < -0.3 is 4.74 Å². The van der Waals surface area contributed by atoms with Crippen LogP contribution in [-0.2, 0) is 0 Å². The van der Waals surface area contributed by atoms with E-state index in [1.54, 1.807) is 7.11 Å². The summed E-state index contributed by atoms with van der Waals surface area (Å²) in [6, 6.07) is 6.46. The van der Waals surface area contributed by atoms with Gasteiger partial charge in [0.1, 0.15) is 5.75 Å². The summed E-state index contributed by atoms with van der Waals surface area (Å²) in [5.41, 5.74) is 2.90. The number of hydrogen-bond acceptors (Lipinski definition) is 1. The first-order valence-electron chi connectivity index (χ1n) is 5.51. The van der Waals surface area contributed by atoms with E-state index in [4.69, 9.17) is 4.74 Å². The van der Waals surface area contributed by atoms with Crippen LogP contribution in [0.4, 0.5) is 0 Å². The average Bonchev–Trinajstić information content (AvgIpc) is 2.51. The van der Waals surface area contributed by atoms with Crippen LogP contribution in [0.5, 0.6) is 5.75 Å². The van der Waals surface area contributed by atoms with Crippen molar-refractivity contribution < 1.29 is 4.74 Å². The lowest BCUT2D eigenvalue weighted by Gasteiger charge is -2.15. The van der Waals surface area contributed by atoms with Crippen LogP contribution in [0.1, 0.15) is 42.1 Å². The fourth-order valence-corrected chi connectivity index (χ4v) is 3.38. The summed E-state index contributed by atoms with van der Waals surface area (Å²) in [4.78, 5) is 0.479. The first-order valence-corrected chi connectivity index (χ1v) is 6.42. The van der Waals surface area contributed by atoms with Crippen LogP contribution in [0.2, 0.25) is 0 Å². The van der Waals surface area contributed by atoms with Gasteiger partial charge in [0.25, 0.3) is 0 Å². The van der Waals surface area contributed by atoms with Crippen molar-refractivity contribution in [1.82, 2.24) is 0 Å². The Morgan fingerprint density at radius 3 is 2.67 bits per heavy atom. The Kier molecular flexibility index (Phi) is 3.06. The van der Waals surface area contributed by atoms with E-state index in [-0.39, 0.29) is 0 Å². The van der Waals surface area contributed by atoms with Crippen molar-refractivity contribution in [1.29, 1.82) is 0 Å². The van der Waals surface area contributed by atoms with Crippen LogP contribution in [-0.4, -0.2) is 7.11 Å². The molecule has 15 heavy (non-hydrogen) atoms. The van der Waals surface area contributed by atoms with Gasteiger partial charge in [-0.05, 0) is 41.5 Å². The number of hydrogen-bond donors (Lipinski definition) is 0. The molecular formula is C13H17BrO. The zero-order chi connectivity index (χ0) is 11.0. The van der Waals surface area contributed by atoms with Crippen molar-refractivity contribution in [2.45, 2.75) is 31.0 Å². The number of fused-ring (bicyclic) bond motifs is 1. The standard InChI is InChI=1S/C13H17BrO/c1-4-10-8(2)13(14)12-7-9(15-3)5-6-11(10)12/h5-8,10,13H,4H2,1-3H3. The second-order valence-corrected chi connectivity index (χ2v) is 5.26. The second kappa shape index (κ2) is 4.17. The number of methoxy groups -OCH3 is 1. The van der Waals surface area contributed by atoms with E-state index >= 15 is 0 Å². The van der Waals surface area contributed by atoms with Gasteiger partial charge in [-0.15, -0.1) is 0 Å². The van der Waals surface area contributed by atoms with E-state index in [2.05, 4.69) is 48.0 Å². The molecule has 0 saturated heterocycles. The topological polar surface area (TPSA) is 9.23 Å². The molecule has 0 bridgehead atoms. The van der Waals surface area contributed by atoms with E-state index in [0.717, 1.165) is 5.75 Å². The Labute approximate surface area is 100.0 Å². The first-order chi connectivity index (χ1) is 7.19.